The molecule has 0 bridgehead atoms. The van der Waals surface area contributed by atoms with Crippen molar-refractivity contribution in [3.05, 3.63) is 51.7 Å². The fraction of sp³-hybridized carbons (Fsp3) is 0.400. The first-order valence-corrected chi connectivity index (χ1v) is 10.1. The Labute approximate surface area is 164 Å². The van der Waals surface area contributed by atoms with Gasteiger partial charge in [-0.05, 0) is 36.4 Å². The lowest BCUT2D eigenvalue weighted by Crippen LogP contribution is -2.45. The summed E-state index contributed by atoms with van der Waals surface area (Å²) in [5.41, 5.74) is 2.28. The van der Waals surface area contributed by atoms with Gasteiger partial charge in [0.15, 0.2) is 5.96 Å². The predicted octanol–water partition coefficient (Wildman–Crippen LogP) is 2.40. The Hall–Kier alpha value is -2.54. The number of guanidine groups is 1. The van der Waals surface area contributed by atoms with Gasteiger partial charge in [0.05, 0.1) is 20.2 Å². The summed E-state index contributed by atoms with van der Waals surface area (Å²) >= 11 is 1.78. The van der Waals surface area contributed by atoms with E-state index in [1.807, 2.05) is 36.1 Å². The highest BCUT2D eigenvalue weighted by Crippen LogP contribution is 2.23. The maximum atomic E-state index is 12.6. The number of rotatable bonds is 6. The summed E-state index contributed by atoms with van der Waals surface area (Å²) in [4.78, 5) is 20.5. The summed E-state index contributed by atoms with van der Waals surface area (Å²) in [5, 5.41) is 8.44. The monoisotopic (exact) mass is 386 g/mol. The molecule has 27 heavy (non-hydrogen) atoms. The van der Waals surface area contributed by atoms with Crippen LogP contribution in [0.5, 0.6) is 5.75 Å². The second-order valence-corrected chi connectivity index (χ2v) is 7.30. The Morgan fingerprint density at radius 1 is 1.30 bits per heavy atom. The number of carbonyl (C=O) groups is 1. The van der Waals surface area contributed by atoms with Crippen molar-refractivity contribution in [1.29, 1.82) is 0 Å². The number of fused-ring (bicyclic) bond motifs is 1. The zero-order valence-corrected chi connectivity index (χ0v) is 16.6. The fourth-order valence-electron chi connectivity index (χ4n) is 3.07. The van der Waals surface area contributed by atoms with E-state index >= 15 is 0 Å². The summed E-state index contributed by atoms with van der Waals surface area (Å²) < 4.78 is 5.37. The van der Waals surface area contributed by atoms with Crippen LogP contribution in [0.1, 0.15) is 22.9 Å². The molecule has 0 radical (unpaired) electrons. The number of hydrogen-bond acceptors (Lipinski definition) is 4. The molecule has 7 heteroatoms. The van der Waals surface area contributed by atoms with E-state index in [2.05, 4.69) is 27.1 Å². The molecule has 3 rings (SSSR count). The summed E-state index contributed by atoms with van der Waals surface area (Å²) in [6.07, 6.45) is 0.945. The molecule has 0 atom stereocenters. The number of aliphatic imine (C=N–C) groups is 1. The van der Waals surface area contributed by atoms with Crippen LogP contribution in [0.25, 0.3) is 0 Å². The van der Waals surface area contributed by atoms with Gasteiger partial charge in [-0.1, -0.05) is 18.2 Å². The molecule has 0 aliphatic carbocycles. The molecule has 6 nitrogen and oxygen atoms in total. The lowest BCUT2D eigenvalue weighted by Gasteiger charge is -2.27. The van der Waals surface area contributed by atoms with Crippen molar-refractivity contribution in [2.45, 2.75) is 26.4 Å². The van der Waals surface area contributed by atoms with Gasteiger partial charge in [-0.25, -0.2) is 4.99 Å². The normalized spacial score (nSPS) is 13.9. The molecule has 2 N–H and O–H groups in total. The summed E-state index contributed by atoms with van der Waals surface area (Å²) in [7, 11) is 1.65. The van der Waals surface area contributed by atoms with Crippen LogP contribution in [-0.4, -0.2) is 43.5 Å². The highest BCUT2D eigenvalue weighted by molar-refractivity contribution is 7.10. The SMILES string of the molecule is CCNC(=NCc1ccccc1OC)NCC(=O)N1CCc2sccc2C1. The second-order valence-electron chi connectivity index (χ2n) is 6.29. The highest BCUT2D eigenvalue weighted by Gasteiger charge is 2.21. The third-order valence-electron chi connectivity index (χ3n) is 4.51. The third kappa shape index (κ3) is 5.01. The van der Waals surface area contributed by atoms with Crippen molar-refractivity contribution in [2.24, 2.45) is 4.99 Å². The Morgan fingerprint density at radius 2 is 2.15 bits per heavy atom. The summed E-state index contributed by atoms with van der Waals surface area (Å²) in [6, 6.07) is 9.93. The van der Waals surface area contributed by atoms with Crippen molar-refractivity contribution in [2.75, 3.05) is 26.7 Å². The number of hydrogen-bond donors (Lipinski definition) is 2. The van der Waals surface area contributed by atoms with Gasteiger partial charge in [0, 0.05) is 30.1 Å². The van der Waals surface area contributed by atoms with Gasteiger partial charge >= 0.3 is 0 Å². The first-order valence-electron chi connectivity index (χ1n) is 9.18. The zero-order valence-electron chi connectivity index (χ0n) is 15.8. The summed E-state index contributed by atoms with van der Waals surface area (Å²) in [5.74, 6) is 1.53. The third-order valence-corrected chi connectivity index (χ3v) is 5.53. The van der Waals surface area contributed by atoms with Gasteiger partial charge in [0.1, 0.15) is 5.75 Å². The topological polar surface area (TPSA) is 66.0 Å². The van der Waals surface area contributed by atoms with Crippen LogP contribution >= 0.6 is 11.3 Å². The number of methoxy groups -OCH3 is 1. The zero-order chi connectivity index (χ0) is 19.1. The van der Waals surface area contributed by atoms with E-state index in [0.29, 0.717) is 19.0 Å². The fourth-order valence-corrected chi connectivity index (χ4v) is 3.96. The Kier molecular flexibility index (Phi) is 6.70. The Bertz CT molecular complexity index is 803. The lowest BCUT2D eigenvalue weighted by molar-refractivity contribution is -0.130. The predicted molar refractivity (Wildman–Crippen MR) is 109 cm³/mol. The average Bonchev–Trinajstić information content (AvgIpc) is 3.17. The van der Waals surface area contributed by atoms with Gasteiger partial charge in [-0.3, -0.25) is 4.79 Å². The number of thiophene rings is 1. The maximum Gasteiger partial charge on any atom is 0.242 e. The van der Waals surface area contributed by atoms with Crippen LogP contribution in [0.2, 0.25) is 0 Å². The number of benzene rings is 1. The van der Waals surface area contributed by atoms with Crippen LogP contribution in [-0.2, 0) is 24.3 Å². The van der Waals surface area contributed by atoms with Gasteiger partial charge in [0.25, 0.3) is 0 Å². The molecule has 1 amide bonds. The Balaban J connectivity index is 1.57. The van der Waals surface area contributed by atoms with Gasteiger partial charge in [-0.2, -0.15) is 0 Å². The van der Waals surface area contributed by atoms with Crippen LogP contribution in [0.15, 0.2) is 40.7 Å². The molecule has 0 saturated heterocycles. The molecule has 0 fully saturated rings. The minimum absolute atomic E-state index is 0.0924. The molecular formula is C20H26N4O2S. The van der Waals surface area contributed by atoms with Crippen LogP contribution < -0.4 is 15.4 Å². The minimum Gasteiger partial charge on any atom is -0.496 e. The first kappa shape index (κ1) is 19.2. The molecule has 1 aromatic carbocycles. The van der Waals surface area contributed by atoms with E-state index in [4.69, 9.17) is 4.74 Å². The second kappa shape index (κ2) is 9.41. The molecule has 2 aromatic rings. The summed E-state index contributed by atoms with van der Waals surface area (Å²) in [6.45, 7) is 4.93. The molecular weight excluding hydrogens is 360 g/mol. The molecule has 0 saturated carbocycles. The van der Waals surface area contributed by atoms with E-state index < -0.39 is 0 Å². The van der Waals surface area contributed by atoms with Crippen molar-refractivity contribution in [3.8, 4) is 5.75 Å². The van der Waals surface area contributed by atoms with E-state index in [1.54, 1.807) is 18.4 Å². The van der Waals surface area contributed by atoms with E-state index in [-0.39, 0.29) is 12.5 Å². The number of nitrogens with zero attached hydrogens (tertiary/aromatic N) is 2. The first-order chi connectivity index (χ1) is 13.2. The van der Waals surface area contributed by atoms with E-state index in [1.165, 1.54) is 10.4 Å². The maximum absolute atomic E-state index is 12.6. The molecule has 144 valence electrons. The molecule has 0 unspecified atom stereocenters. The average molecular weight is 387 g/mol. The number of carbonyl (C=O) groups excluding carboxylic acids is 1. The number of para-hydroxylation sites is 1. The largest absolute Gasteiger partial charge is 0.496 e. The van der Waals surface area contributed by atoms with Gasteiger partial charge < -0.3 is 20.3 Å². The molecule has 0 spiro atoms. The lowest BCUT2D eigenvalue weighted by atomic mass is 10.1. The van der Waals surface area contributed by atoms with Crippen LogP contribution in [0.3, 0.4) is 0 Å². The quantitative estimate of drug-likeness (QED) is 0.591. The molecule has 1 aromatic heterocycles. The highest BCUT2D eigenvalue weighted by atomic mass is 32.1. The smallest absolute Gasteiger partial charge is 0.242 e. The van der Waals surface area contributed by atoms with Crippen molar-refractivity contribution in [1.82, 2.24) is 15.5 Å². The number of amides is 1. The molecule has 1 aliphatic heterocycles. The van der Waals surface area contributed by atoms with Gasteiger partial charge in [-0.15, -0.1) is 11.3 Å². The van der Waals surface area contributed by atoms with Crippen molar-refractivity contribution >= 4 is 23.2 Å². The van der Waals surface area contributed by atoms with E-state index in [9.17, 15) is 4.79 Å². The van der Waals surface area contributed by atoms with E-state index in [0.717, 1.165) is 30.8 Å². The molecule has 2 heterocycles. The van der Waals surface area contributed by atoms with Crippen LogP contribution in [0.4, 0.5) is 0 Å². The standard InChI is InChI=1S/C20H26N4O2S/c1-3-21-20(22-12-15-6-4-5-7-17(15)26-2)23-13-19(25)24-10-8-18-16(14-24)9-11-27-18/h4-7,9,11H,3,8,10,12-14H2,1-2H3,(H2,21,22,23). The number of nitrogens with one attached hydrogen (secondary N) is 2. The Morgan fingerprint density at radius 3 is 2.96 bits per heavy atom. The number of ether oxygens (including phenoxy) is 1. The molecule has 1 aliphatic rings. The van der Waals surface area contributed by atoms with Gasteiger partial charge in [0.2, 0.25) is 5.91 Å². The van der Waals surface area contributed by atoms with Crippen molar-refractivity contribution in [3.63, 3.8) is 0 Å². The minimum atomic E-state index is 0.0924. The van der Waals surface area contributed by atoms with Crippen molar-refractivity contribution < 1.29 is 9.53 Å². The van der Waals surface area contributed by atoms with Crippen LogP contribution in [0, 0.1) is 0 Å².